The Morgan fingerprint density at radius 1 is 0.340 bits per heavy atom. The van der Waals surface area contributed by atoms with Crippen molar-refractivity contribution in [1.29, 1.82) is 0 Å². The van der Waals surface area contributed by atoms with Crippen LogP contribution in [0.25, 0.3) is 66.1 Å². The zero-order valence-electron chi connectivity index (χ0n) is 29.0. The van der Waals surface area contributed by atoms with E-state index in [4.69, 9.17) is 4.42 Å². The Bertz CT molecular complexity index is 2700. The molecule has 1 aromatic heterocycles. The van der Waals surface area contributed by atoms with Gasteiger partial charge in [0.15, 0.2) is 0 Å². The Kier molecular flexibility index (Phi) is 7.92. The van der Waals surface area contributed by atoms with Gasteiger partial charge < -0.3 is 4.42 Å². The summed E-state index contributed by atoms with van der Waals surface area (Å²) < 4.78 is 6.59. The van der Waals surface area contributed by atoms with Gasteiger partial charge in [-0.1, -0.05) is 158 Å². The molecule has 0 spiro atoms. The topological polar surface area (TPSA) is 49.2 Å². The molecule has 1 fully saturated rings. The molecule has 0 aliphatic carbocycles. The third-order valence-corrected chi connectivity index (χ3v) is 10.6. The summed E-state index contributed by atoms with van der Waals surface area (Å²) in [6, 6.07) is 67.0. The van der Waals surface area contributed by atoms with Crippen molar-refractivity contribution in [3.05, 3.63) is 205 Å². The van der Waals surface area contributed by atoms with Crippen molar-refractivity contribution in [3.8, 4) is 33.4 Å². The van der Waals surface area contributed by atoms with Crippen LogP contribution >= 0.6 is 0 Å². The molecular weight excluding hydrogens is 647 g/mol. The first-order chi connectivity index (χ1) is 26.2. The van der Waals surface area contributed by atoms with Crippen LogP contribution in [0.2, 0.25) is 0 Å². The van der Waals surface area contributed by atoms with E-state index >= 15 is 0 Å². The average Bonchev–Trinajstić information content (AvgIpc) is 3.62. The first-order valence-electron chi connectivity index (χ1n) is 18.3. The van der Waals surface area contributed by atoms with E-state index in [0.29, 0.717) is 0 Å². The second-order valence-electron chi connectivity index (χ2n) is 13.9. The van der Waals surface area contributed by atoms with Gasteiger partial charge in [-0.3, -0.25) is 16.0 Å². The number of rotatable bonds is 6. The van der Waals surface area contributed by atoms with Crippen molar-refractivity contribution in [2.75, 3.05) is 0 Å². The van der Waals surface area contributed by atoms with Gasteiger partial charge in [-0.05, 0) is 91.2 Å². The summed E-state index contributed by atoms with van der Waals surface area (Å²) in [5.74, 6) is 0. The van der Waals surface area contributed by atoms with E-state index in [9.17, 15) is 0 Å². The van der Waals surface area contributed by atoms with E-state index in [1.54, 1.807) is 0 Å². The average molecular weight is 684 g/mol. The van der Waals surface area contributed by atoms with Gasteiger partial charge in [-0.2, -0.15) is 0 Å². The Balaban J connectivity index is 1.02. The monoisotopic (exact) mass is 683 g/mol. The van der Waals surface area contributed by atoms with Crippen LogP contribution in [0.4, 0.5) is 0 Å². The van der Waals surface area contributed by atoms with Crippen LogP contribution in [0.5, 0.6) is 0 Å². The van der Waals surface area contributed by atoms with E-state index in [1.807, 2.05) is 0 Å². The lowest BCUT2D eigenvalue weighted by atomic mass is 9.97. The lowest BCUT2D eigenvalue weighted by Gasteiger charge is -2.40. The number of hydrogen-bond acceptors (Lipinski definition) is 4. The van der Waals surface area contributed by atoms with Gasteiger partial charge in [0.25, 0.3) is 0 Å². The number of furan rings is 1. The maximum absolute atomic E-state index is 6.59. The molecule has 9 aromatic rings. The third-order valence-electron chi connectivity index (χ3n) is 10.6. The zero-order chi connectivity index (χ0) is 35.1. The quantitative estimate of drug-likeness (QED) is 0.163. The summed E-state index contributed by atoms with van der Waals surface area (Å²) in [4.78, 5) is 0. The minimum Gasteiger partial charge on any atom is -0.456 e. The maximum Gasteiger partial charge on any atom is 0.136 e. The largest absolute Gasteiger partial charge is 0.456 e. The Hall–Kier alpha value is -6.30. The van der Waals surface area contributed by atoms with Crippen molar-refractivity contribution in [3.63, 3.8) is 0 Å². The van der Waals surface area contributed by atoms with Crippen molar-refractivity contribution in [2.24, 2.45) is 0 Å². The molecular formula is C49H37N3O. The van der Waals surface area contributed by atoms with Gasteiger partial charge in [-0.15, -0.1) is 0 Å². The summed E-state index contributed by atoms with van der Waals surface area (Å²) in [7, 11) is 0. The smallest absolute Gasteiger partial charge is 0.136 e. The van der Waals surface area contributed by atoms with Gasteiger partial charge in [-0.25, -0.2) is 0 Å². The first-order valence-corrected chi connectivity index (χ1v) is 18.3. The molecule has 2 heterocycles. The molecule has 0 amide bonds. The third kappa shape index (κ3) is 5.99. The van der Waals surface area contributed by atoms with E-state index in [1.165, 1.54) is 44.2 Å². The highest BCUT2D eigenvalue weighted by molar-refractivity contribution is 6.08. The number of hydrogen-bond donors (Lipinski definition) is 3. The van der Waals surface area contributed by atoms with Crippen molar-refractivity contribution in [1.82, 2.24) is 16.0 Å². The van der Waals surface area contributed by atoms with Crippen LogP contribution in [0.15, 0.2) is 192 Å². The second kappa shape index (κ2) is 13.4. The number of benzene rings is 8. The molecule has 3 atom stereocenters. The van der Waals surface area contributed by atoms with Crippen LogP contribution in [0.1, 0.15) is 35.2 Å². The van der Waals surface area contributed by atoms with Gasteiger partial charge >= 0.3 is 0 Å². The predicted molar refractivity (Wildman–Crippen MR) is 218 cm³/mol. The van der Waals surface area contributed by atoms with Crippen LogP contribution in [0, 0.1) is 0 Å². The summed E-state index contributed by atoms with van der Waals surface area (Å²) >= 11 is 0. The molecule has 53 heavy (non-hydrogen) atoms. The van der Waals surface area contributed by atoms with E-state index in [2.05, 4.69) is 204 Å². The van der Waals surface area contributed by atoms with Crippen LogP contribution in [0.3, 0.4) is 0 Å². The molecule has 10 rings (SSSR count). The van der Waals surface area contributed by atoms with Gasteiger partial charge in [0.05, 0.1) is 18.5 Å². The number of fused-ring (bicyclic) bond motifs is 4. The molecule has 1 saturated heterocycles. The fraction of sp³-hybridized carbons (Fsp3) is 0.0612. The van der Waals surface area contributed by atoms with E-state index < -0.39 is 0 Å². The minimum atomic E-state index is -0.160. The molecule has 0 saturated carbocycles. The SMILES string of the molecule is c1ccc(-c2ccc(-c3ccc4c(c3)oc3cccc(C5NC(c6ccccc6)NC(c6ccc7ccc(-c8ccccc8)cc7c6)N5)c34)cc2)cc1. The molecule has 8 aromatic carbocycles. The van der Waals surface area contributed by atoms with Crippen LogP contribution < -0.4 is 16.0 Å². The molecule has 3 unspecified atom stereocenters. The first kappa shape index (κ1) is 31.4. The Morgan fingerprint density at radius 2 is 0.887 bits per heavy atom. The fourth-order valence-corrected chi connectivity index (χ4v) is 7.87. The maximum atomic E-state index is 6.59. The van der Waals surface area contributed by atoms with E-state index in [0.717, 1.165) is 38.6 Å². The summed E-state index contributed by atoms with van der Waals surface area (Å²) in [5, 5.41) is 16.4. The fourth-order valence-electron chi connectivity index (χ4n) is 7.87. The molecule has 254 valence electrons. The summed E-state index contributed by atoms with van der Waals surface area (Å²) in [6.45, 7) is 0. The molecule has 4 heteroatoms. The van der Waals surface area contributed by atoms with E-state index in [-0.39, 0.29) is 18.5 Å². The van der Waals surface area contributed by atoms with Gasteiger partial charge in [0, 0.05) is 10.8 Å². The molecule has 1 aliphatic rings. The highest BCUT2D eigenvalue weighted by atomic mass is 16.3. The van der Waals surface area contributed by atoms with Crippen molar-refractivity contribution < 1.29 is 4.42 Å². The van der Waals surface area contributed by atoms with Crippen LogP contribution in [-0.4, -0.2) is 0 Å². The van der Waals surface area contributed by atoms with Crippen molar-refractivity contribution in [2.45, 2.75) is 18.5 Å². The summed E-state index contributed by atoms with van der Waals surface area (Å²) in [5.41, 5.74) is 12.4. The van der Waals surface area contributed by atoms with Crippen molar-refractivity contribution >= 4 is 32.7 Å². The molecule has 0 radical (unpaired) electrons. The Morgan fingerprint density at radius 3 is 1.62 bits per heavy atom. The highest BCUT2D eigenvalue weighted by Crippen LogP contribution is 2.38. The Labute approximate surface area is 308 Å². The van der Waals surface area contributed by atoms with Gasteiger partial charge in [0.1, 0.15) is 11.2 Å². The molecule has 4 nitrogen and oxygen atoms in total. The van der Waals surface area contributed by atoms with Gasteiger partial charge in [0.2, 0.25) is 0 Å². The highest BCUT2D eigenvalue weighted by Gasteiger charge is 2.31. The standard InChI is InChI=1S/C49H37N3O/c1-4-11-32(12-5-1)34-19-21-35(22-20-34)39-27-28-42-45(31-39)53-44-18-10-17-43(46(42)44)49-51-47(37-15-8-3-9-16-37)50-48(52-49)40-26-24-36-23-25-38(29-41(36)30-40)33-13-6-2-7-14-33/h1-31,47-52H. The normalized spacial score (nSPS) is 17.4. The second-order valence-corrected chi connectivity index (χ2v) is 13.9. The number of nitrogens with one attached hydrogen (secondary N) is 3. The molecule has 3 N–H and O–H groups in total. The zero-order valence-corrected chi connectivity index (χ0v) is 29.0. The predicted octanol–water partition coefficient (Wildman–Crippen LogP) is 11.9. The lowest BCUT2D eigenvalue weighted by Crippen LogP contribution is -2.54. The molecule has 1 aliphatic heterocycles. The summed E-state index contributed by atoms with van der Waals surface area (Å²) in [6.07, 6.45) is -0.361. The minimum absolute atomic E-state index is 0.0855. The lowest BCUT2D eigenvalue weighted by molar-refractivity contribution is 0.204. The molecule has 0 bridgehead atoms. The van der Waals surface area contributed by atoms with Crippen LogP contribution in [-0.2, 0) is 0 Å².